The molecule has 2 heterocycles. The zero-order valence-corrected chi connectivity index (χ0v) is 12.3. The number of hydrogen-bond acceptors (Lipinski definition) is 6. The van der Waals surface area contributed by atoms with E-state index in [2.05, 4.69) is 10.1 Å². The lowest BCUT2D eigenvalue weighted by Crippen LogP contribution is -2.41. The van der Waals surface area contributed by atoms with Gasteiger partial charge < -0.3 is 9.63 Å². The first-order valence-electron chi connectivity index (χ1n) is 6.36. The molecule has 2 rings (SSSR count). The third-order valence-corrected chi connectivity index (χ3v) is 5.03. The first-order chi connectivity index (χ1) is 8.60. The second-order valence-corrected chi connectivity index (χ2v) is 8.62. The summed E-state index contributed by atoms with van der Waals surface area (Å²) in [6, 6.07) is 0. The number of aromatic nitrogens is 2. The van der Waals surface area contributed by atoms with Crippen molar-refractivity contribution in [2.24, 2.45) is 0 Å². The Morgan fingerprint density at radius 3 is 2.37 bits per heavy atom. The number of rotatable bonds is 2. The van der Waals surface area contributed by atoms with Crippen molar-refractivity contribution in [2.75, 3.05) is 11.5 Å². The highest BCUT2D eigenvalue weighted by molar-refractivity contribution is 7.91. The van der Waals surface area contributed by atoms with Gasteiger partial charge in [0.2, 0.25) is 5.89 Å². The Morgan fingerprint density at radius 1 is 1.32 bits per heavy atom. The molecule has 1 saturated heterocycles. The number of aliphatic hydroxyl groups is 1. The van der Waals surface area contributed by atoms with Crippen molar-refractivity contribution in [3.63, 3.8) is 0 Å². The van der Waals surface area contributed by atoms with Crippen LogP contribution in [0.5, 0.6) is 0 Å². The molecule has 1 aliphatic rings. The second-order valence-electron chi connectivity index (χ2n) is 6.31. The van der Waals surface area contributed by atoms with Gasteiger partial charge in [-0.15, -0.1) is 0 Å². The molecule has 0 atom stereocenters. The van der Waals surface area contributed by atoms with Gasteiger partial charge in [0.05, 0.1) is 23.5 Å². The van der Waals surface area contributed by atoms with Gasteiger partial charge >= 0.3 is 0 Å². The van der Waals surface area contributed by atoms with Crippen LogP contribution in [0.25, 0.3) is 0 Å². The number of nitrogens with zero attached hydrogens (tertiary/aromatic N) is 2. The average molecular weight is 288 g/mol. The second kappa shape index (κ2) is 4.56. The molecule has 1 N–H and O–H groups in total. The lowest BCUT2D eigenvalue weighted by molar-refractivity contribution is 0.0233. The maximum Gasteiger partial charge on any atom is 0.229 e. The van der Waals surface area contributed by atoms with Gasteiger partial charge in [0, 0.05) is 5.41 Å². The highest BCUT2D eigenvalue weighted by Gasteiger charge is 2.37. The highest BCUT2D eigenvalue weighted by Crippen LogP contribution is 2.28. The maximum absolute atomic E-state index is 11.4. The fourth-order valence-electron chi connectivity index (χ4n) is 2.01. The molecule has 0 bridgehead atoms. The SMILES string of the molecule is CC(C)(C)c1noc(CC2(O)CCS(=O)(=O)CC2)n1. The molecule has 0 saturated carbocycles. The van der Waals surface area contributed by atoms with E-state index in [0.717, 1.165) is 0 Å². The van der Waals surface area contributed by atoms with E-state index < -0.39 is 15.4 Å². The zero-order valence-electron chi connectivity index (χ0n) is 11.5. The minimum absolute atomic E-state index is 0.0176. The normalized spacial score (nSPS) is 22.3. The van der Waals surface area contributed by atoms with Crippen molar-refractivity contribution in [1.29, 1.82) is 0 Å². The third-order valence-electron chi connectivity index (χ3n) is 3.38. The van der Waals surface area contributed by atoms with E-state index in [9.17, 15) is 13.5 Å². The third kappa shape index (κ3) is 3.54. The Morgan fingerprint density at radius 2 is 1.89 bits per heavy atom. The Labute approximate surface area is 113 Å². The van der Waals surface area contributed by atoms with Gasteiger partial charge in [-0.3, -0.25) is 0 Å². The Balaban J connectivity index is 2.07. The Kier molecular flexibility index (Phi) is 3.47. The molecule has 0 spiro atoms. The topological polar surface area (TPSA) is 93.3 Å². The summed E-state index contributed by atoms with van der Waals surface area (Å²) in [5.74, 6) is 0.995. The molecule has 0 aliphatic carbocycles. The number of hydrogen-bond donors (Lipinski definition) is 1. The monoisotopic (exact) mass is 288 g/mol. The van der Waals surface area contributed by atoms with E-state index in [4.69, 9.17) is 4.52 Å². The predicted octanol–water partition coefficient (Wildman–Crippen LogP) is 0.849. The average Bonchev–Trinajstić information content (AvgIpc) is 2.71. The molecule has 0 amide bonds. The van der Waals surface area contributed by atoms with Crippen molar-refractivity contribution >= 4 is 9.84 Å². The molecule has 1 aromatic heterocycles. The predicted molar refractivity (Wildman–Crippen MR) is 69.5 cm³/mol. The van der Waals surface area contributed by atoms with Gasteiger partial charge in [0.15, 0.2) is 15.7 Å². The van der Waals surface area contributed by atoms with E-state index in [1.807, 2.05) is 20.8 Å². The van der Waals surface area contributed by atoms with Gasteiger partial charge in [-0.1, -0.05) is 25.9 Å². The van der Waals surface area contributed by atoms with E-state index >= 15 is 0 Å². The molecule has 6 nitrogen and oxygen atoms in total. The van der Waals surface area contributed by atoms with E-state index in [1.54, 1.807) is 0 Å². The quantitative estimate of drug-likeness (QED) is 0.867. The Hall–Kier alpha value is -0.950. The molecule has 1 aliphatic heterocycles. The van der Waals surface area contributed by atoms with Gasteiger partial charge in [-0.05, 0) is 12.8 Å². The summed E-state index contributed by atoms with van der Waals surface area (Å²) in [4.78, 5) is 4.27. The van der Waals surface area contributed by atoms with Crippen LogP contribution in [0.4, 0.5) is 0 Å². The minimum Gasteiger partial charge on any atom is -0.389 e. The van der Waals surface area contributed by atoms with Gasteiger partial charge in [-0.25, -0.2) is 8.42 Å². The van der Waals surface area contributed by atoms with Gasteiger partial charge in [-0.2, -0.15) is 4.98 Å². The van der Waals surface area contributed by atoms with Crippen LogP contribution in [-0.2, 0) is 21.7 Å². The van der Waals surface area contributed by atoms with Gasteiger partial charge in [0.25, 0.3) is 0 Å². The lowest BCUT2D eigenvalue weighted by Gasteiger charge is -2.30. The molecule has 0 unspecified atom stereocenters. The smallest absolute Gasteiger partial charge is 0.229 e. The van der Waals surface area contributed by atoms with Crippen LogP contribution in [0.2, 0.25) is 0 Å². The minimum atomic E-state index is -2.99. The van der Waals surface area contributed by atoms with Crippen LogP contribution in [0.1, 0.15) is 45.3 Å². The van der Waals surface area contributed by atoms with Crippen molar-refractivity contribution < 1.29 is 18.0 Å². The fourth-order valence-corrected chi connectivity index (χ4v) is 3.59. The molecule has 108 valence electrons. The Bertz CT molecular complexity index is 543. The molecule has 7 heteroatoms. The molecule has 0 aromatic carbocycles. The van der Waals surface area contributed by atoms with Crippen LogP contribution in [0.3, 0.4) is 0 Å². The number of sulfone groups is 1. The molecule has 1 fully saturated rings. The summed E-state index contributed by atoms with van der Waals surface area (Å²) in [6.07, 6.45) is 0.663. The highest BCUT2D eigenvalue weighted by atomic mass is 32.2. The van der Waals surface area contributed by atoms with Gasteiger partial charge in [0.1, 0.15) is 0 Å². The van der Waals surface area contributed by atoms with E-state index in [0.29, 0.717) is 11.7 Å². The fraction of sp³-hybridized carbons (Fsp3) is 0.833. The van der Waals surface area contributed by atoms with E-state index in [-0.39, 0.29) is 36.2 Å². The molecule has 0 radical (unpaired) electrons. The summed E-state index contributed by atoms with van der Waals surface area (Å²) < 4.78 is 27.9. The van der Waals surface area contributed by atoms with Crippen molar-refractivity contribution in [2.45, 2.75) is 51.0 Å². The van der Waals surface area contributed by atoms with Crippen LogP contribution in [0.15, 0.2) is 4.52 Å². The summed E-state index contributed by atoms with van der Waals surface area (Å²) in [7, 11) is -2.99. The van der Waals surface area contributed by atoms with Crippen LogP contribution in [0, 0.1) is 0 Å². The molecular formula is C12H20N2O4S. The lowest BCUT2D eigenvalue weighted by atomic mass is 9.92. The first kappa shape index (κ1) is 14.5. The summed E-state index contributed by atoms with van der Waals surface area (Å²) in [6.45, 7) is 5.93. The summed E-state index contributed by atoms with van der Waals surface area (Å²) >= 11 is 0. The molecule has 19 heavy (non-hydrogen) atoms. The van der Waals surface area contributed by atoms with Crippen LogP contribution < -0.4 is 0 Å². The standard InChI is InChI=1S/C12H20N2O4S/c1-11(2,3)10-13-9(18-14-10)8-12(15)4-6-19(16,17)7-5-12/h15H,4-8H2,1-3H3. The van der Waals surface area contributed by atoms with Crippen molar-refractivity contribution in [1.82, 2.24) is 10.1 Å². The summed E-state index contributed by atoms with van der Waals surface area (Å²) in [5.41, 5.74) is -1.26. The molecule has 1 aromatic rings. The molecular weight excluding hydrogens is 268 g/mol. The van der Waals surface area contributed by atoms with Crippen LogP contribution >= 0.6 is 0 Å². The van der Waals surface area contributed by atoms with E-state index in [1.165, 1.54) is 0 Å². The largest absolute Gasteiger partial charge is 0.389 e. The summed E-state index contributed by atoms with van der Waals surface area (Å²) in [5, 5.41) is 14.3. The maximum atomic E-state index is 11.4. The van der Waals surface area contributed by atoms with Crippen molar-refractivity contribution in [3.8, 4) is 0 Å². The zero-order chi connectivity index (χ0) is 14.3. The van der Waals surface area contributed by atoms with Crippen molar-refractivity contribution in [3.05, 3.63) is 11.7 Å². The van der Waals surface area contributed by atoms with Crippen LogP contribution in [-0.4, -0.2) is 40.8 Å². The first-order valence-corrected chi connectivity index (χ1v) is 8.18.